The van der Waals surface area contributed by atoms with E-state index < -0.39 is 0 Å². The van der Waals surface area contributed by atoms with Crippen LogP contribution in [0.5, 0.6) is 0 Å². The maximum atomic E-state index is 12.4. The van der Waals surface area contributed by atoms with Crippen molar-refractivity contribution >= 4 is 22.4 Å². The molecule has 0 aliphatic rings. The molecule has 120 valence electrons. The fourth-order valence-corrected chi connectivity index (χ4v) is 2.86. The van der Waals surface area contributed by atoms with E-state index in [1.54, 1.807) is 0 Å². The lowest BCUT2D eigenvalue weighted by atomic mass is 10.0. The van der Waals surface area contributed by atoms with E-state index >= 15 is 0 Å². The minimum atomic E-state index is -0.188. The van der Waals surface area contributed by atoms with Gasteiger partial charge in [0.1, 0.15) is 0 Å². The lowest BCUT2D eigenvalue weighted by Crippen LogP contribution is -2.20. The molecule has 3 nitrogen and oxygen atoms in total. The molecule has 0 radical (unpaired) electrons. The van der Waals surface area contributed by atoms with Gasteiger partial charge in [0, 0.05) is 11.1 Å². The number of rotatable bonds is 3. The Hall–Kier alpha value is -2.94. The van der Waals surface area contributed by atoms with Crippen molar-refractivity contribution in [3.8, 4) is 0 Å². The Bertz CT molecular complexity index is 936. The third kappa shape index (κ3) is 3.20. The zero-order valence-electron chi connectivity index (χ0n) is 14.1. The Balaban J connectivity index is 1.87. The number of nitrogens with zero attached hydrogens (tertiary/aromatic N) is 1. The van der Waals surface area contributed by atoms with Crippen LogP contribution in [0.2, 0.25) is 0 Å². The standard InChI is InChI=1S/C21H20N2O/c1-14-11-12-18(15(2)13-14)21(24)23-22-16(3)19-10-6-8-17-7-4-5-9-20(17)19/h4-13H,1-3H3,(H,23,24)/b22-16+. The molecule has 1 N–H and O–H groups in total. The van der Waals surface area contributed by atoms with Crippen LogP contribution < -0.4 is 5.43 Å². The second-order valence-electron chi connectivity index (χ2n) is 5.98. The number of benzene rings is 3. The predicted octanol–water partition coefficient (Wildman–Crippen LogP) is 4.61. The molecule has 0 saturated heterocycles. The Labute approximate surface area is 142 Å². The maximum absolute atomic E-state index is 12.4. The number of aryl methyl sites for hydroxylation is 2. The monoisotopic (exact) mass is 316 g/mol. The molecular weight excluding hydrogens is 296 g/mol. The molecule has 0 unspecified atom stereocenters. The summed E-state index contributed by atoms with van der Waals surface area (Å²) in [5.41, 5.74) is 7.21. The summed E-state index contributed by atoms with van der Waals surface area (Å²) in [6.07, 6.45) is 0. The van der Waals surface area contributed by atoms with Crippen LogP contribution in [0, 0.1) is 13.8 Å². The molecule has 0 atom stereocenters. The number of amides is 1. The number of carbonyl (C=O) groups is 1. The first-order valence-electron chi connectivity index (χ1n) is 7.96. The van der Waals surface area contributed by atoms with Gasteiger partial charge in [0.2, 0.25) is 0 Å². The lowest BCUT2D eigenvalue weighted by Gasteiger charge is -2.08. The van der Waals surface area contributed by atoms with E-state index in [1.165, 1.54) is 0 Å². The average molecular weight is 316 g/mol. The summed E-state index contributed by atoms with van der Waals surface area (Å²) in [6, 6.07) is 20.0. The highest BCUT2D eigenvalue weighted by Crippen LogP contribution is 2.19. The molecule has 0 saturated carbocycles. The SMILES string of the molecule is C/C(=N\NC(=O)c1ccc(C)cc1C)c1cccc2ccccc12. The summed E-state index contributed by atoms with van der Waals surface area (Å²) in [7, 11) is 0. The Morgan fingerprint density at radius 2 is 1.67 bits per heavy atom. The van der Waals surface area contributed by atoms with Crippen molar-refractivity contribution in [2.45, 2.75) is 20.8 Å². The van der Waals surface area contributed by atoms with E-state index in [1.807, 2.05) is 63.2 Å². The van der Waals surface area contributed by atoms with Gasteiger partial charge in [-0.15, -0.1) is 0 Å². The van der Waals surface area contributed by atoms with E-state index in [0.717, 1.165) is 33.2 Å². The quantitative estimate of drug-likeness (QED) is 0.556. The molecule has 0 fully saturated rings. The fraction of sp³-hybridized carbons (Fsp3) is 0.143. The van der Waals surface area contributed by atoms with Crippen LogP contribution in [-0.4, -0.2) is 11.6 Å². The van der Waals surface area contributed by atoms with Gasteiger partial charge in [-0.2, -0.15) is 5.10 Å². The zero-order chi connectivity index (χ0) is 17.1. The lowest BCUT2D eigenvalue weighted by molar-refractivity contribution is 0.0954. The van der Waals surface area contributed by atoms with Crippen molar-refractivity contribution in [2.75, 3.05) is 0 Å². The van der Waals surface area contributed by atoms with Crippen molar-refractivity contribution in [1.82, 2.24) is 5.43 Å². The van der Waals surface area contributed by atoms with Gasteiger partial charge in [-0.3, -0.25) is 4.79 Å². The zero-order valence-corrected chi connectivity index (χ0v) is 14.1. The fourth-order valence-electron chi connectivity index (χ4n) is 2.86. The van der Waals surface area contributed by atoms with Crippen LogP contribution in [0.1, 0.15) is 34.0 Å². The number of hydrogen-bond donors (Lipinski definition) is 1. The molecule has 24 heavy (non-hydrogen) atoms. The summed E-state index contributed by atoms with van der Waals surface area (Å²) < 4.78 is 0. The summed E-state index contributed by atoms with van der Waals surface area (Å²) in [4.78, 5) is 12.4. The van der Waals surface area contributed by atoms with Crippen molar-refractivity contribution < 1.29 is 4.79 Å². The van der Waals surface area contributed by atoms with E-state index in [9.17, 15) is 4.79 Å². The average Bonchev–Trinajstić information content (AvgIpc) is 2.59. The molecule has 1 amide bonds. The molecule has 0 bridgehead atoms. The van der Waals surface area contributed by atoms with Crippen LogP contribution in [-0.2, 0) is 0 Å². The number of fused-ring (bicyclic) bond motifs is 1. The van der Waals surface area contributed by atoms with E-state index in [4.69, 9.17) is 0 Å². The molecule has 3 aromatic rings. The first kappa shape index (κ1) is 15.9. The molecule has 0 aliphatic carbocycles. The molecule has 0 aromatic heterocycles. The molecule has 0 heterocycles. The Kier molecular flexibility index (Phi) is 4.43. The van der Waals surface area contributed by atoms with Gasteiger partial charge in [0.25, 0.3) is 5.91 Å². The van der Waals surface area contributed by atoms with Gasteiger partial charge in [0.05, 0.1) is 5.71 Å². The molecule has 3 aromatic carbocycles. The molecule has 3 rings (SSSR count). The first-order chi connectivity index (χ1) is 11.6. The van der Waals surface area contributed by atoms with Gasteiger partial charge in [-0.25, -0.2) is 5.43 Å². The normalized spacial score (nSPS) is 11.5. The van der Waals surface area contributed by atoms with Crippen LogP contribution in [0.4, 0.5) is 0 Å². The smallest absolute Gasteiger partial charge is 0.267 e. The highest BCUT2D eigenvalue weighted by Gasteiger charge is 2.09. The summed E-state index contributed by atoms with van der Waals surface area (Å²) in [5.74, 6) is -0.188. The van der Waals surface area contributed by atoms with Crippen LogP contribution in [0.3, 0.4) is 0 Å². The number of carbonyl (C=O) groups excluding carboxylic acids is 1. The highest BCUT2D eigenvalue weighted by atomic mass is 16.2. The van der Waals surface area contributed by atoms with Crippen LogP contribution in [0.15, 0.2) is 65.8 Å². The third-order valence-corrected chi connectivity index (χ3v) is 4.13. The van der Waals surface area contributed by atoms with Gasteiger partial charge < -0.3 is 0 Å². The predicted molar refractivity (Wildman–Crippen MR) is 99.5 cm³/mol. The molecular formula is C21H20N2O. The van der Waals surface area contributed by atoms with Crippen LogP contribution in [0.25, 0.3) is 10.8 Å². The van der Waals surface area contributed by atoms with Gasteiger partial charge in [0.15, 0.2) is 0 Å². The minimum Gasteiger partial charge on any atom is -0.267 e. The largest absolute Gasteiger partial charge is 0.271 e. The topological polar surface area (TPSA) is 41.5 Å². The van der Waals surface area contributed by atoms with Crippen molar-refractivity contribution in [3.05, 3.63) is 82.9 Å². The van der Waals surface area contributed by atoms with Gasteiger partial charge in [-0.05, 0) is 43.2 Å². The Morgan fingerprint density at radius 1 is 0.917 bits per heavy atom. The molecule has 0 spiro atoms. The second-order valence-corrected chi connectivity index (χ2v) is 5.98. The molecule has 0 aliphatic heterocycles. The first-order valence-corrected chi connectivity index (χ1v) is 7.96. The van der Waals surface area contributed by atoms with Crippen molar-refractivity contribution in [3.63, 3.8) is 0 Å². The summed E-state index contributed by atoms with van der Waals surface area (Å²) >= 11 is 0. The maximum Gasteiger partial charge on any atom is 0.271 e. The van der Waals surface area contributed by atoms with E-state index in [2.05, 4.69) is 28.7 Å². The summed E-state index contributed by atoms with van der Waals surface area (Å²) in [6.45, 7) is 5.85. The third-order valence-electron chi connectivity index (χ3n) is 4.13. The summed E-state index contributed by atoms with van der Waals surface area (Å²) in [5, 5.41) is 6.59. The van der Waals surface area contributed by atoms with E-state index in [-0.39, 0.29) is 5.91 Å². The number of nitrogens with one attached hydrogen (secondary N) is 1. The van der Waals surface area contributed by atoms with Crippen LogP contribution >= 0.6 is 0 Å². The number of hydrazone groups is 1. The Morgan fingerprint density at radius 3 is 2.46 bits per heavy atom. The molecule has 3 heteroatoms. The van der Waals surface area contributed by atoms with E-state index in [0.29, 0.717) is 5.56 Å². The number of hydrogen-bond acceptors (Lipinski definition) is 2. The van der Waals surface area contributed by atoms with Gasteiger partial charge >= 0.3 is 0 Å². The van der Waals surface area contributed by atoms with Crippen molar-refractivity contribution in [1.29, 1.82) is 0 Å². The minimum absolute atomic E-state index is 0.188. The van der Waals surface area contributed by atoms with Gasteiger partial charge in [-0.1, -0.05) is 60.2 Å². The highest BCUT2D eigenvalue weighted by molar-refractivity contribution is 6.10. The second kappa shape index (κ2) is 6.67. The van der Waals surface area contributed by atoms with Crippen molar-refractivity contribution in [2.24, 2.45) is 5.10 Å².